The quantitative estimate of drug-likeness (QED) is 0.230. The van der Waals surface area contributed by atoms with Gasteiger partial charge in [0.2, 0.25) is 0 Å². The molecular formula is C25H18BrIN2O4. The summed E-state index contributed by atoms with van der Waals surface area (Å²) in [6.45, 7) is 2.23. The van der Waals surface area contributed by atoms with Crippen LogP contribution in [0.2, 0.25) is 0 Å². The number of nitrogens with one attached hydrogen (secondary N) is 1. The smallest absolute Gasteiger partial charge is 0.335 e. The number of amides is 4. The van der Waals surface area contributed by atoms with Crippen LogP contribution in [0.1, 0.15) is 16.7 Å². The van der Waals surface area contributed by atoms with Gasteiger partial charge in [0, 0.05) is 13.6 Å². The van der Waals surface area contributed by atoms with E-state index >= 15 is 0 Å². The number of hydrogen-bond acceptors (Lipinski definition) is 4. The van der Waals surface area contributed by atoms with E-state index in [1.165, 1.54) is 6.08 Å². The number of rotatable bonds is 5. The van der Waals surface area contributed by atoms with Crippen LogP contribution in [0.25, 0.3) is 6.08 Å². The average molecular weight is 617 g/mol. The molecule has 0 aromatic heterocycles. The van der Waals surface area contributed by atoms with Gasteiger partial charge in [-0.3, -0.25) is 14.9 Å². The van der Waals surface area contributed by atoms with Crippen LogP contribution < -0.4 is 15.0 Å². The number of anilines is 1. The number of barbiturate groups is 1. The first kappa shape index (κ1) is 23.2. The zero-order valence-corrected chi connectivity index (χ0v) is 21.2. The number of carbonyl (C=O) groups excluding carboxylic acids is 3. The van der Waals surface area contributed by atoms with Crippen molar-refractivity contribution in [2.45, 2.75) is 13.5 Å². The van der Waals surface area contributed by atoms with E-state index < -0.39 is 17.8 Å². The Labute approximate surface area is 212 Å². The lowest BCUT2D eigenvalue weighted by molar-refractivity contribution is -0.122. The molecule has 1 aliphatic heterocycles. The summed E-state index contributed by atoms with van der Waals surface area (Å²) in [7, 11) is 0. The molecule has 4 amide bonds. The summed E-state index contributed by atoms with van der Waals surface area (Å²) < 4.78 is 7.87. The highest BCUT2D eigenvalue weighted by Gasteiger charge is 2.37. The van der Waals surface area contributed by atoms with Gasteiger partial charge in [0.15, 0.2) is 0 Å². The number of nitrogens with zero attached hydrogens (tertiary/aromatic N) is 1. The Morgan fingerprint density at radius 3 is 2.39 bits per heavy atom. The second-order valence-electron chi connectivity index (χ2n) is 7.39. The number of halogens is 2. The lowest BCUT2D eigenvalue weighted by Gasteiger charge is -2.26. The Kier molecular flexibility index (Phi) is 6.94. The predicted octanol–water partition coefficient (Wildman–Crippen LogP) is 5.61. The normalized spacial score (nSPS) is 15.1. The van der Waals surface area contributed by atoms with E-state index in [0.29, 0.717) is 23.6 Å². The van der Waals surface area contributed by atoms with Crippen LogP contribution >= 0.6 is 38.5 Å². The molecule has 4 rings (SSSR count). The Morgan fingerprint density at radius 1 is 1.00 bits per heavy atom. The summed E-state index contributed by atoms with van der Waals surface area (Å²) in [6, 6.07) is 19.4. The minimum Gasteiger partial charge on any atom is -0.488 e. The second-order valence-corrected chi connectivity index (χ2v) is 9.55. The van der Waals surface area contributed by atoms with Crippen LogP contribution in [-0.4, -0.2) is 17.8 Å². The second kappa shape index (κ2) is 9.88. The molecule has 1 heterocycles. The van der Waals surface area contributed by atoms with Crippen molar-refractivity contribution in [1.82, 2.24) is 5.32 Å². The first-order valence-corrected chi connectivity index (χ1v) is 11.8. The van der Waals surface area contributed by atoms with Crippen molar-refractivity contribution < 1.29 is 19.1 Å². The van der Waals surface area contributed by atoms with Crippen molar-refractivity contribution in [1.29, 1.82) is 0 Å². The zero-order chi connectivity index (χ0) is 23.5. The maximum absolute atomic E-state index is 13.2. The molecule has 0 bridgehead atoms. The number of urea groups is 1. The molecule has 8 heteroatoms. The van der Waals surface area contributed by atoms with Crippen LogP contribution in [0.5, 0.6) is 5.75 Å². The topological polar surface area (TPSA) is 75.7 Å². The first-order chi connectivity index (χ1) is 15.8. The molecule has 3 aromatic carbocycles. The van der Waals surface area contributed by atoms with Gasteiger partial charge in [-0.05, 0) is 83.6 Å². The summed E-state index contributed by atoms with van der Waals surface area (Å²) in [6.07, 6.45) is 1.44. The molecule has 3 aromatic rings. The third-order valence-corrected chi connectivity index (χ3v) is 6.19. The summed E-state index contributed by atoms with van der Waals surface area (Å²) in [5, 5.41) is 2.25. The third kappa shape index (κ3) is 5.33. The number of imide groups is 2. The molecule has 1 N–H and O–H groups in total. The number of benzene rings is 3. The molecule has 0 saturated carbocycles. The summed E-state index contributed by atoms with van der Waals surface area (Å²) >= 11 is 5.66. The summed E-state index contributed by atoms with van der Waals surface area (Å²) in [4.78, 5) is 39.1. The van der Waals surface area contributed by atoms with E-state index in [0.717, 1.165) is 24.1 Å². The van der Waals surface area contributed by atoms with Crippen LogP contribution in [0.15, 0.2) is 76.8 Å². The lowest BCUT2D eigenvalue weighted by Crippen LogP contribution is -2.54. The minimum absolute atomic E-state index is 0.160. The molecule has 6 nitrogen and oxygen atoms in total. The van der Waals surface area contributed by atoms with E-state index in [-0.39, 0.29) is 5.57 Å². The molecule has 1 aliphatic rings. The number of ether oxygens (including phenoxy) is 1. The van der Waals surface area contributed by atoms with Gasteiger partial charge in [0.05, 0.1) is 5.69 Å². The maximum Gasteiger partial charge on any atom is 0.335 e. The van der Waals surface area contributed by atoms with Crippen molar-refractivity contribution >= 4 is 68.1 Å². The highest BCUT2D eigenvalue weighted by molar-refractivity contribution is 14.1. The van der Waals surface area contributed by atoms with E-state index in [1.54, 1.807) is 36.4 Å². The molecule has 0 spiro atoms. The Bertz CT molecular complexity index is 1270. The van der Waals surface area contributed by atoms with E-state index in [4.69, 9.17) is 4.74 Å². The highest BCUT2D eigenvalue weighted by atomic mass is 127. The Hall–Kier alpha value is -2.98. The first-order valence-electron chi connectivity index (χ1n) is 9.97. The van der Waals surface area contributed by atoms with Crippen LogP contribution in [0, 0.1) is 10.5 Å². The fourth-order valence-corrected chi connectivity index (χ4v) is 3.98. The molecule has 0 radical (unpaired) electrons. The molecule has 0 atom stereocenters. The molecule has 1 fully saturated rings. The predicted molar refractivity (Wildman–Crippen MR) is 138 cm³/mol. The van der Waals surface area contributed by atoms with Crippen LogP contribution in [0.4, 0.5) is 10.5 Å². The molecule has 0 aliphatic carbocycles. The van der Waals surface area contributed by atoms with Gasteiger partial charge in [0.1, 0.15) is 17.9 Å². The van der Waals surface area contributed by atoms with Gasteiger partial charge in [-0.2, -0.15) is 0 Å². The van der Waals surface area contributed by atoms with Crippen molar-refractivity contribution in [2.24, 2.45) is 0 Å². The Morgan fingerprint density at radius 2 is 1.70 bits per heavy atom. The SMILES string of the molecule is Cc1ccc(N2C(=O)NC(=O)/C(=C\c3cc(Br)ccc3OCc3ccc(I)cc3)C2=O)cc1. The minimum atomic E-state index is -0.782. The molecule has 166 valence electrons. The fourth-order valence-electron chi connectivity index (χ4n) is 3.25. The van der Waals surface area contributed by atoms with Crippen molar-refractivity contribution in [3.63, 3.8) is 0 Å². The monoisotopic (exact) mass is 616 g/mol. The van der Waals surface area contributed by atoms with E-state index in [9.17, 15) is 14.4 Å². The summed E-state index contributed by atoms with van der Waals surface area (Å²) in [5.41, 5.74) is 2.73. The third-order valence-electron chi connectivity index (χ3n) is 4.97. The standard InChI is InChI=1S/C25H18BrIN2O4/c1-15-2-9-20(10-3-15)29-24(31)21(23(30)28-25(29)32)13-17-12-18(26)6-11-22(17)33-14-16-4-7-19(27)8-5-16/h2-13H,14H2,1H3,(H,28,30,32)/b21-13+. The van der Waals surface area contributed by atoms with Gasteiger partial charge in [-0.25, -0.2) is 9.69 Å². The van der Waals surface area contributed by atoms with Crippen molar-refractivity contribution in [3.8, 4) is 5.75 Å². The van der Waals surface area contributed by atoms with Crippen molar-refractivity contribution in [3.05, 3.63) is 97.0 Å². The largest absolute Gasteiger partial charge is 0.488 e. The van der Waals surface area contributed by atoms with Gasteiger partial charge in [-0.1, -0.05) is 45.8 Å². The Balaban J connectivity index is 1.66. The molecule has 33 heavy (non-hydrogen) atoms. The molecular weight excluding hydrogens is 599 g/mol. The van der Waals surface area contributed by atoms with Crippen molar-refractivity contribution in [2.75, 3.05) is 4.90 Å². The van der Waals surface area contributed by atoms with Gasteiger partial charge < -0.3 is 4.74 Å². The molecule has 1 saturated heterocycles. The van der Waals surface area contributed by atoms with Crippen LogP contribution in [-0.2, 0) is 16.2 Å². The summed E-state index contributed by atoms with van der Waals surface area (Å²) in [5.74, 6) is -0.947. The lowest BCUT2D eigenvalue weighted by atomic mass is 10.1. The van der Waals surface area contributed by atoms with Gasteiger partial charge in [-0.15, -0.1) is 0 Å². The molecule has 0 unspecified atom stereocenters. The van der Waals surface area contributed by atoms with Gasteiger partial charge in [0.25, 0.3) is 11.8 Å². The fraction of sp³-hybridized carbons (Fsp3) is 0.0800. The van der Waals surface area contributed by atoms with E-state index in [2.05, 4.69) is 43.8 Å². The van der Waals surface area contributed by atoms with Crippen LogP contribution in [0.3, 0.4) is 0 Å². The average Bonchev–Trinajstić information content (AvgIpc) is 2.78. The van der Waals surface area contributed by atoms with Gasteiger partial charge >= 0.3 is 6.03 Å². The van der Waals surface area contributed by atoms with E-state index in [1.807, 2.05) is 37.3 Å². The highest BCUT2D eigenvalue weighted by Crippen LogP contribution is 2.29. The zero-order valence-electron chi connectivity index (χ0n) is 17.5. The number of aryl methyl sites for hydroxylation is 1. The number of hydrogen-bond donors (Lipinski definition) is 1. The number of carbonyl (C=O) groups is 3. The maximum atomic E-state index is 13.2.